The number of fused-ring (bicyclic) bond motifs is 1. The van der Waals surface area contributed by atoms with Gasteiger partial charge in [-0.3, -0.25) is 4.79 Å². The maximum Gasteiger partial charge on any atom is 0.405 e. The zero-order chi connectivity index (χ0) is 24.7. The third-order valence-electron chi connectivity index (χ3n) is 5.25. The Morgan fingerprint density at radius 2 is 2.12 bits per heavy atom. The highest BCUT2D eigenvalue weighted by Gasteiger charge is 2.38. The summed E-state index contributed by atoms with van der Waals surface area (Å²) in [6.45, 7) is -1.79. The first-order valence-corrected chi connectivity index (χ1v) is 12.2. The number of alkyl halides is 3. The van der Waals surface area contributed by atoms with Crippen LogP contribution in [0.4, 0.5) is 19.0 Å². The van der Waals surface area contributed by atoms with E-state index in [9.17, 15) is 26.4 Å². The first-order valence-electron chi connectivity index (χ1n) is 9.94. The number of amides is 1. The second-order valence-corrected chi connectivity index (χ2v) is 10.1. The maximum absolute atomic E-state index is 12.7. The number of anilines is 1. The molecule has 1 aliphatic heterocycles. The molecule has 1 saturated heterocycles. The van der Waals surface area contributed by atoms with Gasteiger partial charge in [-0.15, -0.1) is 0 Å². The van der Waals surface area contributed by atoms with E-state index in [-0.39, 0.29) is 32.7 Å². The number of pyridine rings is 1. The summed E-state index contributed by atoms with van der Waals surface area (Å²) < 4.78 is 63.1. The van der Waals surface area contributed by atoms with Gasteiger partial charge >= 0.3 is 6.18 Å². The number of aromatic nitrogens is 4. The van der Waals surface area contributed by atoms with Crippen molar-refractivity contribution in [1.29, 1.82) is 0 Å². The Morgan fingerprint density at radius 1 is 1.35 bits per heavy atom. The molecule has 1 amide bonds. The lowest BCUT2D eigenvalue weighted by Gasteiger charge is -2.40. The Balaban J connectivity index is 0.00000342. The molecule has 0 spiro atoms. The first kappa shape index (κ1) is 24.2. The molecule has 3 aromatic rings. The summed E-state index contributed by atoms with van der Waals surface area (Å²) in [7, 11) is -3.67. The lowest BCUT2D eigenvalue weighted by Crippen LogP contribution is -2.60. The molecule has 4 heterocycles. The number of nitrogens with zero attached hydrogens (tertiary/aromatic N) is 5. The molecule has 0 unspecified atom stereocenters. The topological polar surface area (TPSA) is 124 Å². The predicted molar refractivity (Wildman–Crippen MR) is 121 cm³/mol. The number of carbonyl (C=O) groups excluding carboxylic acids is 1. The van der Waals surface area contributed by atoms with Crippen LogP contribution < -0.4 is 10.2 Å². The molecule has 184 valence electrons. The molecule has 0 aromatic carbocycles. The van der Waals surface area contributed by atoms with Gasteiger partial charge in [0, 0.05) is 50.6 Å². The van der Waals surface area contributed by atoms with Crippen molar-refractivity contribution >= 4 is 44.4 Å². The van der Waals surface area contributed by atoms with E-state index in [1.165, 1.54) is 23.4 Å². The van der Waals surface area contributed by atoms with Crippen LogP contribution in [0.2, 0.25) is 5.02 Å². The highest BCUT2D eigenvalue weighted by molar-refractivity contribution is 7.88. The van der Waals surface area contributed by atoms with E-state index in [1.807, 2.05) is 5.32 Å². The van der Waals surface area contributed by atoms with Gasteiger partial charge in [0.05, 0.1) is 11.3 Å². The largest absolute Gasteiger partial charge is 0.405 e. The minimum atomic E-state index is -4.61. The average Bonchev–Trinajstić information content (AvgIpc) is 3.19. The van der Waals surface area contributed by atoms with Crippen molar-refractivity contribution in [2.45, 2.75) is 12.2 Å². The minimum Gasteiger partial charge on any atom is -0.345 e. The van der Waals surface area contributed by atoms with Crippen LogP contribution in [-0.4, -0.2) is 83.2 Å². The first-order chi connectivity index (χ1) is 15.9. The van der Waals surface area contributed by atoms with Gasteiger partial charge < -0.3 is 15.2 Å². The summed E-state index contributed by atoms with van der Waals surface area (Å²) >= 11 is 6.05. The summed E-state index contributed by atoms with van der Waals surface area (Å²) in [5, 5.41) is 2.90. The fraction of sp³-hybridized carbons (Fsp3) is 0.368. The van der Waals surface area contributed by atoms with Gasteiger partial charge in [-0.2, -0.15) is 17.5 Å². The molecule has 2 N–H and O–H groups in total. The van der Waals surface area contributed by atoms with Gasteiger partial charge in [0.15, 0.2) is 5.82 Å². The number of hydrogen-bond acceptors (Lipinski definition) is 7. The van der Waals surface area contributed by atoms with Crippen molar-refractivity contribution in [3.05, 3.63) is 35.7 Å². The van der Waals surface area contributed by atoms with Crippen molar-refractivity contribution in [3.63, 3.8) is 0 Å². The van der Waals surface area contributed by atoms with E-state index in [0.717, 1.165) is 10.6 Å². The molecule has 1 fully saturated rings. The van der Waals surface area contributed by atoms with Crippen LogP contribution in [0.25, 0.3) is 22.4 Å². The summed E-state index contributed by atoms with van der Waals surface area (Å²) in [6, 6.07) is 1.96. The standard InChI is InChI=1S/C19H19ClF3N7O3S.H2/c1-34(32,33)29-4-5-30(14(9-29)18(31)27-10-19(21,22)23)15-2-3-24-17(28-15)13-8-26-16-12(13)6-11(20)7-25-16;/h2-3,6-8,14H,4-5,9-10H2,1H3,(H,25,26)(H,27,31);1H/t14-;/m1./s1. The minimum absolute atomic E-state index is 0. The van der Waals surface area contributed by atoms with Crippen LogP contribution in [0.5, 0.6) is 0 Å². The van der Waals surface area contributed by atoms with Gasteiger partial charge in [0.1, 0.15) is 24.1 Å². The third kappa shape index (κ3) is 5.23. The number of carbonyl (C=O) groups is 1. The number of halogens is 4. The predicted octanol–water partition coefficient (Wildman–Crippen LogP) is 2.05. The van der Waals surface area contributed by atoms with Gasteiger partial charge in [0.25, 0.3) is 0 Å². The zero-order valence-corrected chi connectivity index (χ0v) is 19.2. The van der Waals surface area contributed by atoms with Crippen LogP contribution in [-0.2, 0) is 14.8 Å². The molecule has 10 nitrogen and oxygen atoms in total. The van der Waals surface area contributed by atoms with E-state index in [0.29, 0.717) is 21.6 Å². The van der Waals surface area contributed by atoms with E-state index >= 15 is 0 Å². The van der Waals surface area contributed by atoms with Crippen molar-refractivity contribution in [2.75, 3.05) is 37.3 Å². The Bertz CT molecular complexity index is 1340. The number of rotatable bonds is 5. The van der Waals surface area contributed by atoms with Crippen molar-refractivity contribution in [3.8, 4) is 11.4 Å². The fourth-order valence-electron chi connectivity index (χ4n) is 3.66. The molecule has 0 aliphatic carbocycles. The molecule has 4 rings (SSSR count). The Hall–Kier alpha value is -2.97. The lowest BCUT2D eigenvalue weighted by atomic mass is 10.1. The summed E-state index contributed by atoms with van der Waals surface area (Å²) in [5.41, 5.74) is 1.14. The number of sulfonamides is 1. The van der Waals surface area contributed by atoms with Crippen molar-refractivity contribution in [1.82, 2.24) is 29.6 Å². The molecule has 34 heavy (non-hydrogen) atoms. The smallest absolute Gasteiger partial charge is 0.345 e. The summed E-state index contributed by atoms with van der Waals surface area (Å²) in [5.74, 6) is -0.434. The van der Waals surface area contributed by atoms with E-state index in [2.05, 4.69) is 19.9 Å². The van der Waals surface area contributed by atoms with Crippen LogP contribution in [0.15, 0.2) is 30.7 Å². The summed E-state index contributed by atoms with van der Waals surface area (Å²) in [4.78, 5) is 30.1. The third-order valence-corrected chi connectivity index (χ3v) is 6.73. The number of nitrogens with one attached hydrogen (secondary N) is 2. The molecule has 0 saturated carbocycles. The van der Waals surface area contributed by atoms with Gasteiger partial charge in [-0.05, 0) is 12.1 Å². The molecule has 1 atom stereocenters. The maximum atomic E-state index is 12.7. The molecule has 1 aliphatic rings. The van der Waals surface area contributed by atoms with E-state index < -0.39 is 34.7 Å². The van der Waals surface area contributed by atoms with E-state index in [4.69, 9.17) is 11.6 Å². The second kappa shape index (κ2) is 9.00. The Kier molecular flexibility index (Phi) is 6.40. The van der Waals surface area contributed by atoms with Crippen LogP contribution >= 0.6 is 11.6 Å². The lowest BCUT2D eigenvalue weighted by molar-refractivity contribution is -0.139. The van der Waals surface area contributed by atoms with Crippen LogP contribution in [0, 0.1) is 0 Å². The van der Waals surface area contributed by atoms with Crippen molar-refractivity contribution < 1.29 is 27.8 Å². The number of aromatic amines is 1. The molecule has 0 radical (unpaired) electrons. The molecular formula is C19H21ClF3N7O3S. The molecule has 3 aromatic heterocycles. The normalized spacial score (nSPS) is 17.8. The Labute approximate surface area is 198 Å². The monoisotopic (exact) mass is 519 g/mol. The fourth-order valence-corrected chi connectivity index (χ4v) is 4.65. The van der Waals surface area contributed by atoms with Gasteiger partial charge in [0.2, 0.25) is 15.9 Å². The number of piperazine rings is 1. The highest BCUT2D eigenvalue weighted by Crippen LogP contribution is 2.29. The van der Waals surface area contributed by atoms with Gasteiger partial charge in [-0.1, -0.05) is 11.6 Å². The molecule has 15 heteroatoms. The van der Waals surface area contributed by atoms with E-state index in [1.54, 1.807) is 12.3 Å². The summed E-state index contributed by atoms with van der Waals surface area (Å²) in [6.07, 6.45) is 0.932. The van der Waals surface area contributed by atoms with Crippen molar-refractivity contribution in [2.24, 2.45) is 0 Å². The quantitative estimate of drug-likeness (QED) is 0.528. The zero-order valence-electron chi connectivity index (χ0n) is 17.7. The van der Waals surface area contributed by atoms with Gasteiger partial charge in [-0.25, -0.2) is 23.4 Å². The number of hydrogen-bond donors (Lipinski definition) is 2. The SMILES string of the molecule is CS(=O)(=O)N1CCN(c2ccnc(-c3c[nH]c4ncc(Cl)cc34)n2)[C@@H](C(=O)NCC(F)(F)F)C1.[HH]. The number of H-pyrrole nitrogens is 1. The van der Waals surface area contributed by atoms with Crippen LogP contribution in [0.1, 0.15) is 1.43 Å². The van der Waals surface area contributed by atoms with Crippen LogP contribution in [0.3, 0.4) is 0 Å². The average molecular weight is 520 g/mol. The highest BCUT2D eigenvalue weighted by atomic mass is 35.5. The molecular weight excluding hydrogens is 499 g/mol. The second-order valence-electron chi connectivity index (χ2n) is 7.65. The Morgan fingerprint density at radius 3 is 2.82 bits per heavy atom. The molecule has 0 bridgehead atoms.